The summed E-state index contributed by atoms with van der Waals surface area (Å²) in [4.78, 5) is 22.0. The maximum absolute atomic E-state index is 13.5. The van der Waals surface area contributed by atoms with Crippen LogP contribution in [0.3, 0.4) is 0 Å². The summed E-state index contributed by atoms with van der Waals surface area (Å²) in [5.74, 6) is 1.65. The number of anilines is 1. The zero-order chi connectivity index (χ0) is 21.7. The Kier molecular flexibility index (Phi) is 7.12. The summed E-state index contributed by atoms with van der Waals surface area (Å²) in [5, 5.41) is 0.634. The lowest BCUT2D eigenvalue weighted by Gasteiger charge is -2.22. The second-order valence-corrected chi connectivity index (χ2v) is 7.99. The molecule has 3 aromatic rings. The Balaban J connectivity index is 2.02. The minimum Gasteiger partial charge on any atom is -0.496 e. The minimum atomic E-state index is -0.135. The Bertz CT molecular complexity index is 978. The largest absolute Gasteiger partial charge is 0.496 e. The number of fused-ring (bicyclic) bond motifs is 1. The number of aromatic nitrogens is 1. The van der Waals surface area contributed by atoms with Crippen molar-refractivity contribution >= 4 is 32.6 Å². The first-order valence-electron chi connectivity index (χ1n) is 9.60. The average molecular weight is 430 g/mol. The molecule has 1 heterocycles. The summed E-state index contributed by atoms with van der Waals surface area (Å²) < 4.78 is 17.1. The monoisotopic (exact) mass is 429 g/mol. The number of hydrogen-bond donors (Lipinski definition) is 0. The molecule has 3 rings (SSSR count). The van der Waals surface area contributed by atoms with Gasteiger partial charge < -0.3 is 19.1 Å². The highest BCUT2D eigenvalue weighted by molar-refractivity contribution is 7.22. The number of thiazole rings is 1. The fraction of sp³-hybridized carbons (Fsp3) is 0.364. The van der Waals surface area contributed by atoms with Gasteiger partial charge in [-0.1, -0.05) is 23.5 Å². The summed E-state index contributed by atoms with van der Waals surface area (Å²) in [6.07, 6.45) is 0.816. The van der Waals surface area contributed by atoms with Crippen LogP contribution in [0.5, 0.6) is 17.2 Å². The number of nitrogens with zero attached hydrogens (tertiary/aromatic N) is 3. The molecule has 0 fully saturated rings. The molecule has 0 atom stereocenters. The van der Waals surface area contributed by atoms with Crippen LogP contribution in [0, 0.1) is 0 Å². The van der Waals surface area contributed by atoms with Crippen molar-refractivity contribution in [3.05, 3.63) is 42.0 Å². The molecule has 0 saturated carbocycles. The molecule has 0 N–H and O–H groups in total. The van der Waals surface area contributed by atoms with Crippen LogP contribution in [0.25, 0.3) is 10.2 Å². The molecule has 1 amide bonds. The van der Waals surface area contributed by atoms with Crippen molar-refractivity contribution in [2.24, 2.45) is 0 Å². The van der Waals surface area contributed by atoms with Gasteiger partial charge in [-0.2, -0.15) is 0 Å². The summed E-state index contributed by atoms with van der Waals surface area (Å²) in [5.41, 5.74) is 1.28. The van der Waals surface area contributed by atoms with Gasteiger partial charge in [0.1, 0.15) is 5.75 Å². The van der Waals surface area contributed by atoms with Gasteiger partial charge in [-0.05, 0) is 39.2 Å². The van der Waals surface area contributed by atoms with E-state index >= 15 is 0 Å². The highest BCUT2D eigenvalue weighted by atomic mass is 32.1. The lowest BCUT2D eigenvalue weighted by molar-refractivity contribution is 0.0983. The molecule has 7 nitrogen and oxygen atoms in total. The van der Waals surface area contributed by atoms with Gasteiger partial charge in [0.05, 0.1) is 37.1 Å². The Labute approximate surface area is 180 Å². The van der Waals surface area contributed by atoms with Crippen LogP contribution in [-0.2, 0) is 0 Å². The SMILES string of the molecule is COc1cc2nc(N(CCCN(C)C)C(=O)c3ccccc3OC)sc2cc1OC. The first kappa shape index (κ1) is 21.9. The summed E-state index contributed by atoms with van der Waals surface area (Å²) in [6.45, 7) is 1.41. The van der Waals surface area contributed by atoms with E-state index in [0.29, 0.717) is 34.5 Å². The third kappa shape index (κ3) is 4.66. The lowest BCUT2D eigenvalue weighted by atomic mass is 10.1. The highest BCUT2D eigenvalue weighted by Gasteiger charge is 2.24. The van der Waals surface area contributed by atoms with E-state index in [1.807, 2.05) is 38.4 Å². The average Bonchev–Trinajstić information content (AvgIpc) is 3.17. The topological polar surface area (TPSA) is 64.1 Å². The maximum Gasteiger partial charge on any atom is 0.263 e. The highest BCUT2D eigenvalue weighted by Crippen LogP contribution is 2.38. The molecule has 0 aliphatic heterocycles. The van der Waals surface area contributed by atoms with Crippen molar-refractivity contribution in [1.29, 1.82) is 0 Å². The van der Waals surface area contributed by atoms with Crippen LogP contribution in [0.1, 0.15) is 16.8 Å². The number of amides is 1. The molecule has 8 heteroatoms. The van der Waals surface area contributed by atoms with E-state index < -0.39 is 0 Å². The van der Waals surface area contributed by atoms with E-state index in [2.05, 4.69) is 4.90 Å². The molecule has 0 bridgehead atoms. The first-order valence-corrected chi connectivity index (χ1v) is 10.4. The molecule has 2 aromatic carbocycles. The van der Waals surface area contributed by atoms with Crippen LogP contribution in [-0.4, -0.2) is 64.3 Å². The van der Waals surface area contributed by atoms with E-state index in [0.717, 1.165) is 23.2 Å². The van der Waals surface area contributed by atoms with Crippen LogP contribution >= 0.6 is 11.3 Å². The third-order valence-corrected chi connectivity index (χ3v) is 5.72. The fourth-order valence-corrected chi connectivity index (χ4v) is 4.15. The Morgan fingerprint density at radius 3 is 2.30 bits per heavy atom. The molecule has 0 saturated heterocycles. The van der Waals surface area contributed by atoms with Crippen molar-refractivity contribution < 1.29 is 19.0 Å². The number of carbonyl (C=O) groups excluding carboxylic acids is 1. The smallest absolute Gasteiger partial charge is 0.263 e. The van der Waals surface area contributed by atoms with Gasteiger partial charge >= 0.3 is 0 Å². The van der Waals surface area contributed by atoms with Gasteiger partial charge in [-0.15, -0.1) is 0 Å². The summed E-state index contributed by atoms with van der Waals surface area (Å²) >= 11 is 1.45. The lowest BCUT2D eigenvalue weighted by Crippen LogP contribution is -2.33. The van der Waals surface area contributed by atoms with Crippen molar-refractivity contribution in [2.45, 2.75) is 6.42 Å². The quantitative estimate of drug-likeness (QED) is 0.514. The predicted octanol–water partition coefficient (Wildman–Crippen LogP) is 3.92. The first-order chi connectivity index (χ1) is 14.5. The Morgan fingerprint density at radius 2 is 1.63 bits per heavy atom. The van der Waals surface area contributed by atoms with Crippen molar-refractivity contribution in [1.82, 2.24) is 9.88 Å². The number of benzene rings is 2. The van der Waals surface area contributed by atoms with E-state index in [9.17, 15) is 4.79 Å². The van der Waals surface area contributed by atoms with E-state index in [1.54, 1.807) is 38.4 Å². The number of ether oxygens (including phenoxy) is 3. The maximum atomic E-state index is 13.5. The second kappa shape index (κ2) is 9.77. The number of hydrogen-bond acceptors (Lipinski definition) is 7. The summed E-state index contributed by atoms with van der Waals surface area (Å²) in [7, 11) is 8.80. The molecule has 1 aromatic heterocycles. The number of methoxy groups -OCH3 is 3. The van der Waals surface area contributed by atoms with Gasteiger partial charge in [-0.3, -0.25) is 9.69 Å². The van der Waals surface area contributed by atoms with Crippen LogP contribution in [0.15, 0.2) is 36.4 Å². The number of rotatable bonds is 9. The normalized spacial score (nSPS) is 11.0. The second-order valence-electron chi connectivity index (χ2n) is 6.99. The van der Waals surface area contributed by atoms with Gasteiger partial charge in [0.25, 0.3) is 5.91 Å². The zero-order valence-electron chi connectivity index (χ0n) is 18.0. The van der Waals surface area contributed by atoms with Gasteiger partial charge in [0.15, 0.2) is 16.6 Å². The molecule has 0 radical (unpaired) electrons. The van der Waals surface area contributed by atoms with E-state index in [-0.39, 0.29) is 5.91 Å². The molecule has 0 spiro atoms. The minimum absolute atomic E-state index is 0.135. The van der Waals surface area contributed by atoms with Crippen molar-refractivity contribution in [3.63, 3.8) is 0 Å². The van der Waals surface area contributed by atoms with Crippen LogP contribution < -0.4 is 19.1 Å². The predicted molar refractivity (Wildman–Crippen MR) is 121 cm³/mol. The summed E-state index contributed by atoms with van der Waals surface area (Å²) in [6, 6.07) is 11.0. The Hall–Kier alpha value is -2.84. The van der Waals surface area contributed by atoms with Crippen LogP contribution in [0.2, 0.25) is 0 Å². The standard InChI is InChI=1S/C22H27N3O4S/c1-24(2)11-8-12-25(21(26)15-9-6-7-10-17(15)27-3)22-23-16-13-18(28-4)19(29-5)14-20(16)30-22/h6-7,9-10,13-14H,8,11-12H2,1-5H3. The molecule has 160 valence electrons. The fourth-order valence-electron chi connectivity index (χ4n) is 3.15. The van der Waals surface area contributed by atoms with E-state index in [4.69, 9.17) is 19.2 Å². The molecular weight excluding hydrogens is 402 g/mol. The number of para-hydroxylation sites is 1. The van der Waals surface area contributed by atoms with Gasteiger partial charge in [0.2, 0.25) is 0 Å². The van der Waals surface area contributed by atoms with Crippen molar-refractivity contribution in [2.75, 3.05) is 53.4 Å². The van der Waals surface area contributed by atoms with Crippen LogP contribution in [0.4, 0.5) is 5.13 Å². The molecule has 0 aliphatic carbocycles. The molecular formula is C22H27N3O4S. The molecule has 30 heavy (non-hydrogen) atoms. The molecule has 0 unspecified atom stereocenters. The molecule has 0 aliphatic rings. The van der Waals surface area contributed by atoms with Gasteiger partial charge in [-0.25, -0.2) is 4.98 Å². The van der Waals surface area contributed by atoms with Gasteiger partial charge in [0, 0.05) is 18.7 Å². The zero-order valence-corrected chi connectivity index (χ0v) is 18.8. The third-order valence-electron chi connectivity index (χ3n) is 4.68. The Morgan fingerprint density at radius 1 is 0.967 bits per heavy atom. The van der Waals surface area contributed by atoms with E-state index in [1.165, 1.54) is 11.3 Å². The number of carbonyl (C=O) groups is 1. The van der Waals surface area contributed by atoms with Crippen molar-refractivity contribution in [3.8, 4) is 17.2 Å².